The zero-order valence-electron chi connectivity index (χ0n) is 14.9. The number of imidazole rings is 1. The van der Waals surface area contributed by atoms with Crippen LogP contribution in [-0.2, 0) is 0 Å². The second-order valence-corrected chi connectivity index (χ2v) is 5.82. The van der Waals surface area contributed by atoms with Gasteiger partial charge in [-0.25, -0.2) is 9.50 Å². The van der Waals surface area contributed by atoms with Gasteiger partial charge in [-0.3, -0.25) is 5.10 Å². The molecule has 0 amide bonds. The highest BCUT2D eigenvalue weighted by Gasteiger charge is 2.19. The Balaban J connectivity index is 1.88. The van der Waals surface area contributed by atoms with Crippen LogP contribution in [0.15, 0.2) is 54.7 Å². The minimum Gasteiger partial charge on any atom is -0.497 e. The number of hydrogen-bond acceptors (Lipinski definition) is 5. The minimum absolute atomic E-state index is 0.474. The highest BCUT2D eigenvalue weighted by molar-refractivity contribution is 5.82. The summed E-state index contributed by atoms with van der Waals surface area (Å²) in [5.41, 5.74) is 3.46. The molecule has 2 aromatic heterocycles. The number of ether oxygens (including phenoxy) is 2. The van der Waals surface area contributed by atoms with Crippen molar-refractivity contribution >= 4 is 17.2 Å². The van der Waals surface area contributed by atoms with E-state index in [2.05, 4.69) is 21.5 Å². The number of H-pyrrole nitrogens is 1. The van der Waals surface area contributed by atoms with Crippen molar-refractivity contribution in [3.8, 4) is 28.8 Å². The molecule has 134 valence electrons. The van der Waals surface area contributed by atoms with Crippen LogP contribution in [0.2, 0.25) is 0 Å². The molecule has 4 rings (SSSR count). The number of methoxy groups -OCH3 is 2. The smallest absolute Gasteiger partial charge is 0.173 e. The summed E-state index contributed by atoms with van der Waals surface area (Å²) in [5, 5.41) is 15.8. The van der Waals surface area contributed by atoms with Crippen molar-refractivity contribution < 1.29 is 9.47 Å². The van der Waals surface area contributed by atoms with E-state index in [-0.39, 0.29) is 0 Å². The van der Waals surface area contributed by atoms with Crippen LogP contribution >= 0.6 is 0 Å². The van der Waals surface area contributed by atoms with Crippen molar-refractivity contribution in [2.24, 2.45) is 0 Å². The van der Waals surface area contributed by atoms with Gasteiger partial charge in [-0.1, -0.05) is 30.3 Å². The molecule has 7 nitrogen and oxygen atoms in total. The molecule has 0 saturated carbocycles. The van der Waals surface area contributed by atoms with Crippen LogP contribution in [0.5, 0.6) is 11.5 Å². The maximum Gasteiger partial charge on any atom is 0.173 e. The Labute approximate surface area is 155 Å². The molecule has 4 aromatic rings. The number of aromatic amines is 1. The molecule has 0 aliphatic rings. The number of anilines is 2. The predicted molar refractivity (Wildman–Crippen MR) is 103 cm³/mol. The van der Waals surface area contributed by atoms with E-state index in [9.17, 15) is 5.26 Å². The van der Waals surface area contributed by atoms with Gasteiger partial charge in [-0.15, -0.1) is 0 Å². The monoisotopic (exact) mass is 359 g/mol. The van der Waals surface area contributed by atoms with Gasteiger partial charge in [0, 0.05) is 17.8 Å². The van der Waals surface area contributed by atoms with Gasteiger partial charge in [0.2, 0.25) is 0 Å². The summed E-state index contributed by atoms with van der Waals surface area (Å²) in [5.74, 6) is 2.04. The van der Waals surface area contributed by atoms with Crippen LogP contribution < -0.4 is 14.8 Å². The normalized spacial score (nSPS) is 10.6. The Kier molecular flexibility index (Phi) is 4.15. The lowest BCUT2D eigenvalue weighted by molar-refractivity contribution is 0.395. The molecule has 0 fully saturated rings. The average molecular weight is 359 g/mol. The average Bonchev–Trinajstić information content (AvgIpc) is 3.28. The van der Waals surface area contributed by atoms with E-state index in [0.29, 0.717) is 28.5 Å². The number of nitrogens with zero attached hydrogens (tertiary/aromatic N) is 3. The molecule has 7 heteroatoms. The van der Waals surface area contributed by atoms with Crippen molar-refractivity contribution in [2.75, 3.05) is 19.5 Å². The molecule has 0 atom stereocenters. The molecular formula is C20H17N5O2. The maximum absolute atomic E-state index is 9.35. The third-order valence-corrected chi connectivity index (χ3v) is 4.29. The fourth-order valence-electron chi connectivity index (χ4n) is 2.94. The minimum atomic E-state index is 0.474. The predicted octanol–water partition coefficient (Wildman–Crippen LogP) is 3.96. The summed E-state index contributed by atoms with van der Waals surface area (Å²) in [6.45, 7) is 0. The molecule has 0 radical (unpaired) electrons. The van der Waals surface area contributed by atoms with E-state index in [1.807, 2.05) is 42.5 Å². The first-order valence-electron chi connectivity index (χ1n) is 8.29. The van der Waals surface area contributed by atoms with Gasteiger partial charge < -0.3 is 14.8 Å². The lowest BCUT2D eigenvalue weighted by Crippen LogP contribution is -2.00. The van der Waals surface area contributed by atoms with Crippen LogP contribution in [-0.4, -0.2) is 28.8 Å². The molecule has 0 aliphatic heterocycles. The van der Waals surface area contributed by atoms with E-state index < -0.39 is 0 Å². The number of benzene rings is 2. The van der Waals surface area contributed by atoms with Gasteiger partial charge in [-0.05, 0) is 12.1 Å². The molecule has 0 saturated heterocycles. The summed E-state index contributed by atoms with van der Waals surface area (Å²) >= 11 is 0. The summed E-state index contributed by atoms with van der Waals surface area (Å²) in [6, 6.07) is 17.5. The molecule has 27 heavy (non-hydrogen) atoms. The van der Waals surface area contributed by atoms with E-state index in [4.69, 9.17) is 9.47 Å². The fourth-order valence-corrected chi connectivity index (χ4v) is 2.94. The Bertz CT molecular complexity index is 1140. The molecule has 0 unspecified atom stereocenters. The molecule has 2 aromatic carbocycles. The van der Waals surface area contributed by atoms with Crippen LogP contribution in [0.1, 0.15) is 5.56 Å². The topological polar surface area (TPSA) is 87.4 Å². The first-order chi connectivity index (χ1) is 13.2. The van der Waals surface area contributed by atoms with E-state index in [1.165, 1.54) is 0 Å². The quantitative estimate of drug-likeness (QED) is 0.563. The molecular weight excluding hydrogens is 342 g/mol. The third-order valence-electron chi connectivity index (χ3n) is 4.29. The second-order valence-electron chi connectivity index (χ2n) is 5.82. The van der Waals surface area contributed by atoms with Crippen LogP contribution in [0.3, 0.4) is 0 Å². The number of aromatic nitrogens is 3. The third kappa shape index (κ3) is 2.83. The Morgan fingerprint density at radius 1 is 1.11 bits per heavy atom. The van der Waals surface area contributed by atoms with Crippen molar-refractivity contribution in [1.82, 2.24) is 14.6 Å². The van der Waals surface area contributed by atoms with Crippen LogP contribution in [0.4, 0.5) is 11.5 Å². The fraction of sp³-hybridized carbons (Fsp3) is 0.100. The summed E-state index contributed by atoms with van der Waals surface area (Å²) in [7, 11) is 3.21. The number of nitrogens with one attached hydrogen (secondary N) is 2. The molecule has 2 N–H and O–H groups in total. The van der Waals surface area contributed by atoms with Gasteiger partial charge in [0.15, 0.2) is 11.5 Å². The van der Waals surface area contributed by atoms with Gasteiger partial charge in [0.05, 0.1) is 19.9 Å². The first-order valence-corrected chi connectivity index (χ1v) is 8.29. The Morgan fingerprint density at radius 3 is 2.63 bits per heavy atom. The van der Waals surface area contributed by atoms with Crippen molar-refractivity contribution in [3.63, 3.8) is 0 Å². The maximum atomic E-state index is 9.35. The van der Waals surface area contributed by atoms with Gasteiger partial charge in [-0.2, -0.15) is 5.26 Å². The molecule has 0 spiro atoms. The van der Waals surface area contributed by atoms with Gasteiger partial charge in [0.1, 0.15) is 28.8 Å². The van der Waals surface area contributed by atoms with Gasteiger partial charge >= 0.3 is 0 Å². The zero-order chi connectivity index (χ0) is 18.8. The largest absolute Gasteiger partial charge is 0.497 e. The zero-order valence-corrected chi connectivity index (χ0v) is 14.9. The highest BCUT2D eigenvalue weighted by atomic mass is 16.5. The number of rotatable bonds is 5. The number of hydrogen-bond donors (Lipinski definition) is 2. The Morgan fingerprint density at radius 2 is 1.93 bits per heavy atom. The number of nitriles is 1. The molecule has 0 bridgehead atoms. The lowest BCUT2D eigenvalue weighted by Gasteiger charge is -2.13. The van der Waals surface area contributed by atoms with Crippen molar-refractivity contribution in [1.29, 1.82) is 5.26 Å². The lowest BCUT2D eigenvalue weighted by atomic mass is 10.1. The second kappa shape index (κ2) is 6.77. The number of fused-ring (bicyclic) bond motifs is 1. The standard InChI is InChI=1S/C20H17N5O2/c1-26-15-8-9-16(17(10-15)27-2)23-20-18(13-6-4-3-5-7-13)24-19-14(11-21)12-22-25(19)20/h3-10,12,22-23H,1-2H3. The first kappa shape index (κ1) is 16.5. The Hall–Kier alpha value is -3.92. The van der Waals surface area contributed by atoms with Crippen molar-refractivity contribution in [2.45, 2.75) is 0 Å². The van der Waals surface area contributed by atoms with E-state index >= 15 is 0 Å². The molecule has 2 heterocycles. The van der Waals surface area contributed by atoms with Crippen molar-refractivity contribution in [3.05, 3.63) is 60.3 Å². The SMILES string of the molecule is COc1ccc(Nc2c(-c3ccccc3)nc3c(C#N)c[nH]n23)c(OC)c1. The summed E-state index contributed by atoms with van der Waals surface area (Å²) < 4.78 is 12.5. The van der Waals surface area contributed by atoms with E-state index in [0.717, 1.165) is 16.9 Å². The van der Waals surface area contributed by atoms with E-state index in [1.54, 1.807) is 31.0 Å². The summed E-state index contributed by atoms with van der Waals surface area (Å²) in [4.78, 5) is 4.68. The molecule has 0 aliphatic carbocycles. The van der Waals surface area contributed by atoms with Crippen LogP contribution in [0, 0.1) is 11.3 Å². The highest BCUT2D eigenvalue weighted by Crippen LogP contribution is 2.36. The summed E-state index contributed by atoms with van der Waals surface area (Å²) in [6.07, 6.45) is 1.63. The van der Waals surface area contributed by atoms with Gasteiger partial charge in [0.25, 0.3) is 0 Å². The van der Waals surface area contributed by atoms with Crippen LogP contribution in [0.25, 0.3) is 16.9 Å².